The van der Waals surface area contributed by atoms with Gasteiger partial charge in [0, 0.05) is 32.9 Å². The Balaban J connectivity index is 1.65. The number of hydrogen-bond donors (Lipinski definition) is 1. The van der Waals surface area contributed by atoms with Crippen LogP contribution in [-0.2, 0) is 14.2 Å². The fourth-order valence-corrected chi connectivity index (χ4v) is 2.76. The van der Waals surface area contributed by atoms with Crippen LogP contribution in [0.15, 0.2) is 0 Å². The Morgan fingerprint density at radius 2 is 2.29 bits per heavy atom. The van der Waals surface area contributed by atoms with Crippen molar-refractivity contribution in [2.75, 3.05) is 33.5 Å². The first-order valence-corrected chi connectivity index (χ1v) is 6.80. The lowest BCUT2D eigenvalue weighted by Gasteiger charge is -2.44. The summed E-state index contributed by atoms with van der Waals surface area (Å²) in [6.45, 7) is 5.70. The van der Waals surface area contributed by atoms with Gasteiger partial charge >= 0.3 is 0 Å². The molecule has 0 aromatic carbocycles. The molecule has 0 spiro atoms. The lowest BCUT2D eigenvalue weighted by molar-refractivity contribution is -0.132. The van der Waals surface area contributed by atoms with E-state index in [1.54, 1.807) is 7.11 Å². The fourth-order valence-electron chi connectivity index (χ4n) is 2.76. The summed E-state index contributed by atoms with van der Waals surface area (Å²) in [5, 5.41) is 3.59. The van der Waals surface area contributed by atoms with Gasteiger partial charge in [-0.05, 0) is 32.1 Å². The van der Waals surface area contributed by atoms with Crippen LogP contribution >= 0.6 is 0 Å². The average Bonchev–Trinajstić information content (AvgIpc) is 2.34. The first-order chi connectivity index (χ1) is 8.35. The van der Waals surface area contributed by atoms with Crippen molar-refractivity contribution in [2.24, 2.45) is 5.92 Å². The zero-order chi connectivity index (χ0) is 12.1. The van der Waals surface area contributed by atoms with Crippen molar-refractivity contribution < 1.29 is 14.2 Å². The molecule has 0 aromatic rings. The first-order valence-electron chi connectivity index (χ1n) is 6.80. The lowest BCUT2D eigenvalue weighted by atomic mass is 9.84. The Morgan fingerprint density at radius 3 is 2.94 bits per heavy atom. The third-order valence-electron chi connectivity index (χ3n) is 3.83. The summed E-state index contributed by atoms with van der Waals surface area (Å²) < 4.78 is 16.6. The molecule has 1 saturated heterocycles. The van der Waals surface area contributed by atoms with Gasteiger partial charge in [0.15, 0.2) is 0 Å². The predicted molar refractivity (Wildman–Crippen MR) is 66.2 cm³/mol. The normalized spacial score (nSPS) is 37.8. The lowest BCUT2D eigenvalue weighted by Crippen LogP contribution is -2.60. The number of ether oxygens (including phenoxy) is 3. The summed E-state index contributed by atoms with van der Waals surface area (Å²) in [6.07, 6.45) is 4.06. The van der Waals surface area contributed by atoms with Gasteiger partial charge in [-0.1, -0.05) is 0 Å². The highest BCUT2D eigenvalue weighted by Crippen LogP contribution is 2.27. The van der Waals surface area contributed by atoms with Crippen LogP contribution in [0.4, 0.5) is 0 Å². The van der Waals surface area contributed by atoms with E-state index in [0.717, 1.165) is 32.8 Å². The standard InChI is InChI=1S/C13H25NO3/c1-3-17-12-7-11(13(12)15-2)14-8-10-5-4-6-16-9-10/h10-14H,3-9H2,1-2H3. The molecule has 4 heteroatoms. The first kappa shape index (κ1) is 13.3. The average molecular weight is 243 g/mol. The minimum absolute atomic E-state index is 0.222. The number of nitrogens with one attached hydrogen (secondary N) is 1. The Hall–Kier alpha value is -0.160. The second-order valence-electron chi connectivity index (χ2n) is 5.03. The second-order valence-corrected chi connectivity index (χ2v) is 5.03. The maximum atomic E-state index is 5.61. The van der Waals surface area contributed by atoms with E-state index in [-0.39, 0.29) is 12.2 Å². The Labute approximate surface area is 104 Å². The smallest absolute Gasteiger partial charge is 0.0986 e. The van der Waals surface area contributed by atoms with E-state index in [9.17, 15) is 0 Å². The van der Waals surface area contributed by atoms with Crippen LogP contribution in [0.5, 0.6) is 0 Å². The van der Waals surface area contributed by atoms with Gasteiger partial charge < -0.3 is 19.5 Å². The Bertz CT molecular complexity index is 219. The molecule has 1 saturated carbocycles. The largest absolute Gasteiger partial charge is 0.381 e. The zero-order valence-corrected chi connectivity index (χ0v) is 11.0. The molecule has 100 valence electrons. The fraction of sp³-hybridized carbons (Fsp3) is 1.00. The van der Waals surface area contributed by atoms with Crippen LogP contribution in [0.2, 0.25) is 0 Å². The quantitative estimate of drug-likeness (QED) is 0.761. The van der Waals surface area contributed by atoms with Gasteiger partial charge in [-0.3, -0.25) is 0 Å². The molecule has 0 aromatic heterocycles. The number of methoxy groups -OCH3 is 1. The second kappa shape index (κ2) is 6.69. The zero-order valence-electron chi connectivity index (χ0n) is 11.0. The minimum Gasteiger partial charge on any atom is -0.381 e. The summed E-state index contributed by atoms with van der Waals surface area (Å²) in [7, 11) is 1.77. The third-order valence-corrected chi connectivity index (χ3v) is 3.83. The molecule has 2 rings (SSSR count). The molecular formula is C13H25NO3. The molecule has 1 aliphatic carbocycles. The van der Waals surface area contributed by atoms with Gasteiger partial charge in [0.2, 0.25) is 0 Å². The van der Waals surface area contributed by atoms with Gasteiger partial charge in [0.25, 0.3) is 0 Å². The molecule has 2 aliphatic rings. The maximum absolute atomic E-state index is 5.61. The van der Waals surface area contributed by atoms with Crippen LogP contribution < -0.4 is 5.32 Å². The van der Waals surface area contributed by atoms with E-state index in [1.165, 1.54) is 12.8 Å². The summed E-state index contributed by atoms with van der Waals surface area (Å²) in [4.78, 5) is 0. The topological polar surface area (TPSA) is 39.7 Å². The highest BCUT2D eigenvalue weighted by Gasteiger charge is 2.41. The van der Waals surface area contributed by atoms with Crippen LogP contribution in [0.25, 0.3) is 0 Å². The molecule has 4 nitrogen and oxygen atoms in total. The van der Waals surface area contributed by atoms with Gasteiger partial charge in [-0.2, -0.15) is 0 Å². The van der Waals surface area contributed by atoms with Crippen molar-refractivity contribution in [2.45, 2.75) is 44.4 Å². The summed E-state index contributed by atoms with van der Waals surface area (Å²) in [6, 6.07) is 0.457. The van der Waals surface area contributed by atoms with E-state index >= 15 is 0 Å². The Kier molecular flexibility index (Phi) is 5.22. The highest BCUT2D eigenvalue weighted by molar-refractivity contribution is 4.97. The molecular weight excluding hydrogens is 218 g/mol. The molecule has 17 heavy (non-hydrogen) atoms. The SMILES string of the molecule is CCOC1CC(NCC2CCCOC2)C1OC. The number of rotatable bonds is 6. The van der Waals surface area contributed by atoms with Crippen molar-refractivity contribution in [1.29, 1.82) is 0 Å². The summed E-state index contributed by atoms with van der Waals surface area (Å²) in [5.41, 5.74) is 0. The van der Waals surface area contributed by atoms with Gasteiger partial charge in [-0.25, -0.2) is 0 Å². The molecule has 2 fully saturated rings. The van der Waals surface area contributed by atoms with Crippen molar-refractivity contribution in [1.82, 2.24) is 5.32 Å². The van der Waals surface area contributed by atoms with Crippen molar-refractivity contribution >= 4 is 0 Å². The molecule has 1 aliphatic heterocycles. The Morgan fingerprint density at radius 1 is 1.41 bits per heavy atom. The van der Waals surface area contributed by atoms with Gasteiger partial charge in [-0.15, -0.1) is 0 Å². The minimum atomic E-state index is 0.222. The van der Waals surface area contributed by atoms with E-state index in [1.807, 2.05) is 6.92 Å². The van der Waals surface area contributed by atoms with Crippen LogP contribution in [0.3, 0.4) is 0 Å². The third kappa shape index (κ3) is 3.41. The van der Waals surface area contributed by atoms with Gasteiger partial charge in [0.1, 0.15) is 0 Å². The van der Waals surface area contributed by atoms with Crippen molar-refractivity contribution in [3.63, 3.8) is 0 Å². The van der Waals surface area contributed by atoms with Gasteiger partial charge in [0.05, 0.1) is 18.8 Å². The van der Waals surface area contributed by atoms with Crippen LogP contribution in [0, 0.1) is 5.92 Å². The molecule has 4 atom stereocenters. The highest BCUT2D eigenvalue weighted by atomic mass is 16.5. The predicted octanol–water partition coefficient (Wildman–Crippen LogP) is 1.19. The molecule has 0 bridgehead atoms. The monoisotopic (exact) mass is 243 g/mol. The van der Waals surface area contributed by atoms with Crippen molar-refractivity contribution in [3.05, 3.63) is 0 Å². The number of hydrogen-bond acceptors (Lipinski definition) is 4. The molecule has 1 heterocycles. The van der Waals surface area contributed by atoms with Crippen molar-refractivity contribution in [3.8, 4) is 0 Å². The maximum Gasteiger partial charge on any atom is 0.0986 e. The van der Waals surface area contributed by atoms with Crippen LogP contribution in [-0.4, -0.2) is 51.7 Å². The van der Waals surface area contributed by atoms with E-state index in [0.29, 0.717) is 12.0 Å². The summed E-state index contributed by atoms with van der Waals surface area (Å²) >= 11 is 0. The molecule has 4 unspecified atom stereocenters. The van der Waals surface area contributed by atoms with E-state index < -0.39 is 0 Å². The van der Waals surface area contributed by atoms with Crippen LogP contribution in [0.1, 0.15) is 26.2 Å². The van der Waals surface area contributed by atoms with E-state index in [4.69, 9.17) is 14.2 Å². The van der Waals surface area contributed by atoms with E-state index in [2.05, 4.69) is 5.32 Å². The summed E-state index contributed by atoms with van der Waals surface area (Å²) in [5.74, 6) is 0.674. The molecule has 0 radical (unpaired) electrons. The molecule has 1 N–H and O–H groups in total. The molecule has 0 amide bonds.